The first kappa shape index (κ1) is 15.0. The van der Waals surface area contributed by atoms with Crippen LogP contribution in [-0.4, -0.2) is 24.7 Å². The van der Waals surface area contributed by atoms with Crippen LogP contribution in [0.2, 0.25) is 0 Å². The second-order valence-electron chi connectivity index (χ2n) is 5.66. The molecule has 2 rings (SSSR count). The van der Waals surface area contributed by atoms with Crippen LogP contribution in [-0.2, 0) is 16.0 Å². The van der Waals surface area contributed by atoms with Gasteiger partial charge in [-0.2, -0.15) is 0 Å². The predicted octanol–water partition coefficient (Wildman–Crippen LogP) is 2.19. The number of hydrogen-bond donors (Lipinski definition) is 2. The zero-order valence-electron chi connectivity index (χ0n) is 12.4. The minimum atomic E-state index is -0.0891. The van der Waals surface area contributed by atoms with Crippen molar-refractivity contribution in [3.63, 3.8) is 0 Å². The molecule has 0 aromatic heterocycles. The van der Waals surface area contributed by atoms with Crippen LogP contribution in [0.25, 0.3) is 0 Å². The molecule has 0 bridgehead atoms. The number of hydrogen-bond acceptors (Lipinski definition) is 3. The summed E-state index contributed by atoms with van der Waals surface area (Å²) in [7, 11) is 0. The lowest BCUT2D eigenvalue weighted by atomic mass is 9.89. The molecule has 4 atom stereocenters. The summed E-state index contributed by atoms with van der Waals surface area (Å²) in [6, 6.07) is 7.86. The Balaban J connectivity index is 2.00. The van der Waals surface area contributed by atoms with E-state index in [9.17, 15) is 4.79 Å². The molecule has 3 N–H and O–H groups in total. The van der Waals surface area contributed by atoms with Crippen molar-refractivity contribution in [2.45, 2.75) is 39.4 Å². The molecule has 1 aromatic rings. The number of amides is 1. The van der Waals surface area contributed by atoms with E-state index in [1.54, 1.807) is 0 Å². The van der Waals surface area contributed by atoms with Gasteiger partial charge in [0.05, 0.1) is 18.1 Å². The highest BCUT2D eigenvalue weighted by atomic mass is 16.5. The third-order valence-corrected chi connectivity index (χ3v) is 4.20. The summed E-state index contributed by atoms with van der Waals surface area (Å²) in [6.07, 6.45) is 0.959. The molecule has 0 radical (unpaired) electrons. The van der Waals surface area contributed by atoms with Gasteiger partial charge in [-0.15, -0.1) is 0 Å². The van der Waals surface area contributed by atoms with Crippen LogP contribution < -0.4 is 11.1 Å². The van der Waals surface area contributed by atoms with Crippen molar-refractivity contribution in [2.24, 2.45) is 17.6 Å². The van der Waals surface area contributed by atoms with E-state index in [-0.39, 0.29) is 30.0 Å². The quantitative estimate of drug-likeness (QED) is 0.886. The first-order chi connectivity index (χ1) is 9.52. The van der Waals surface area contributed by atoms with Gasteiger partial charge in [0.2, 0.25) is 5.91 Å². The summed E-state index contributed by atoms with van der Waals surface area (Å²) in [6.45, 7) is 6.70. The molecule has 1 heterocycles. The van der Waals surface area contributed by atoms with Gasteiger partial charge in [-0.3, -0.25) is 4.79 Å². The van der Waals surface area contributed by atoms with Crippen LogP contribution >= 0.6 is 0 Å². The number of carbonyl (C=O) groups excluding carboxylic acids is 1. The summed E-state index contributed by atoms with van der Waals surface area (Å²) in [5.41, 5.74) is 7.54. The van der Waals surface area contributed by atoms with Gasteiger partial charge in [-0.25, -0.2) is 0 Å². The fraction of sp³-hybridized carbons (Fsp3) is 0.562. The molecule has 4 nitrogen and oxygen atoms in total. The molecular formula is C16H24N2O2. The summed E-state index contributed by atoms with van der Waals surface area (Å²) >= 11 is 0. The molecule has 1 aliphatic rings. The first-order valence-corrected chi connectivity index (χ1v) is 7.28. The van der Waals surface area contributed by atoms with Gasteiger partial charge < -0.3 is 15.8 Å². The molecule has 0 aliphatic carbocycles. The topological polar surface area (TPSA) is 64.3 Å². The summed E-state index contributed by atoms with van der Waals surface area (Å²) in [5.74, 6) is 0.191. The van der Waals surface area contributed by atoms with Crippen molar-refractivity contribution >= 4 is 11.6 Å². The van der Waals surface area contributed by atoms with Gasteiger partial charge in [0.25, 0.3) is 0 Å². The Bertz CT molecular complexity index is 458. The molecule has 1 aliphatic heterocycles. The Morgan fingerprint density at radius 2 is 1.85 bits per heavy atom. The third-order valence-electron chi connectivity index (χ3n) is 4.20. The van der Waals surface area contributed by atoms with Crippen LogP contribution in [0.4, 0.5) is 5.69 Å². The van der Waals surface area contributed by atoms with E-state index < -0.39 is 0 Å². The lowest BCUT2D eigenvalue weighted by Gasteiger charge is -2.18. The predicted molar refractivity (Wildman–Crippen MR) is 80.5 cm³/mol. The van der Waals surface area contributed by atoms with Crippen molar-refractivity contribution in [1.29, 1.82) is 0 Å². The molecule has 0 saturated carbocycles. The Kier molecular flexibility index (Phi) is 4.78. The lowest BCUT2D eigenvalue weighted by molar-refractivity contribution is -0.121. The van der Waals surface area contributed by atoms with Crippen molar-refractivity contribution < 1.29 is 9.53 Å². The number of ether oxygens (including phenoxy) is 1. The molecular weight excluding hydrogens is 252 g/mol. The SMILES string of the molecule is CC1OC(C)C(C(=O)Nc2ccc(CCN)cc2)C1C. The Morgan fingerprint density at radius 1 is 1.20 bits per heavy atom. The third kappa shape index (κ3) is 3.19. The second kappa shape index (κ2) is 6.37. The van der Waals surface area contributed by atoms with E-state index >= 15 is 0 Å². The highest BCUT2D eigenvalue weighted by molar-refractivity contribution is 5.93. The monoisotopic (exact) mass is 276 g/mol. The van der Waals surface area contributed by atoms with E-state index in [0.717, 1.165) is 12.1 Å². The van der Waals surface area contributed by atoms with Crippen molar-refractivity contribution in [2.75, 3.05) is 11.9 Å². The summed E-state index contributed by atoms with van der Waals surface area (Å²) in [5, 5.41) is 2.98. The molecule has 110 valence electrons. The fourth-order valence-corrected chi connectivity index (χ4v) is 2.87. The van der Waals surface area contributed by atoms with Crippen LogP contribution in [0.15, 0.2) is 24.3 Å². The normalized spacial score (nSPS) is 29.4. The standard InChI is InChI=1S/C16H24N2O2/c1-10-11(2)20-12(3)15(10)16(19)18-14-6-4-13(5-7-14)8-9-17/h4-7,10-12,15H,8-9,17H2,1-3H3,(H,18,19). The van der Waals surface area contributed by atoms with Gasteiger partial charge in [0.1, 0.15) is 0 Å². The number of nitrogens with two attached hydrogens (primary N) is 1. The maximum absolute atomic E-state index is 12.4. The van der Waals surface area contributed by atoms with Crippen LogP contribution in [0.3, 0.4) is 0 Å². The zero-order valence-corrected chi connectivity index (χ0v) is 12.4. The molecule has 0 spiro atoms. The zero-order chi connectivity index (χ0) is 14.7. The fourth-order valence-electron chi connectivity index (χ4n) is 2.87. The molecule has 20 heavy (non-hydrogen) atoms. The van der Waals surface area contributed by atoms with E-state index in [1.165, 1.54) is 5.56 Å². The Hall–Kier alpha value is -1.39. The number of anilines is 1. The van der Waals surface area contributed by atoms with Gasteiger partial charge in [0.15, 0.2) is 0 Å². The molecule has 4 unspecified atom stereocenters. The molecule has 1 saturated heterocycles. The first-order valence-electron chi connectivity index (χ1n) is 7.28. The van der Waals surface area contributed by atoms with Gasteiger partial charge in [0, 0.05) is 5.69 Å². The molecule has 1 amide bonds. The smallest absolute Gasteiger partial charge is 0.230 e. The molecule has 4 heteroatoms. The number of rotatable bonds is 4. The maximum Gasteiger partial charge on any atom is 0.230 e. The van der Waals surface area contributed by atoms with Crippen molar-refractivity contribution in [3.8, 4) is 0 Å². The minimum Gasteiger partial charge on any atom is -0.374 e. The van der Waals surface area contributed by atoms with E-state index in [2.05, 4.69) is 12.2 Å². The highest BCUT2D eigenvalue weighted by Gasteiger charge is 2.41. The number of benzene rings is 1. The average Bonchev–Trinajstić information content (AvgIpc) is 2.66. The number of nitrogens with one attached hydrogen (secondary N) is 1. The lowest BCUT2D eigenvalue weighted by Crippen LogP contribution is -2.31. The van der Waals surface area contributed by atoms with Gasteiger partial charge in [-0.1, -0.05) is 19.1 Å². The second-order valence-corrected chi connectivity index (χ2v) is 5.66. The Labute approximate surface area is 120 Å². The highest BCUT2D eigenvalue weighted by Crippen LogP contribution is 2.32. The number of carbonyl (C=O) groups is 1. The maximum atomic E-state index is 12.4. The van der Waals surface area contributed by atoms with Crippen LogP contribution in [0, 0.1) is 11.8 Å². The minimum absolute atomic E-state index is 0.0310. The van der Waals surface area contributed by atoms with Gasteiger partial charge >= 0.3 is 0 Å². The van der Waals surface area contributed by atoms with Gasteiger partial charge in [-0.05, 0) is 50.4 Å². The van der Waals surface area contributed by atoms with Crippen molar-refractivity contribution in [1.82, 2.24) is 0 Å². The average molecular weight is 276 g/mol. The Morgan fingerprint density at radius 3 is 2.35 bits per heavy atom. The van der Waals surface area contributed by atoms with Crippen LogP contribution in [0.1, 0.15) is 26.3 Å². The summed E-state index contributed by atoms with van der Waals surface area (Å²) in [4.78, 5) is 12.4. The van der Waals surface area contributed by atoms with E-state index in [1.807, 2.05) is 38.1 Å². The van der Waals surface area contributed by atoms with E-state index in [4.69, 9.17) is 10.5 Å². The summed E-state index contributed by atoms with van der Waals surface area (Å²) < 4.78 is 5.72. The molecule has 1 aromatic carbocycles. The van der Waals surface area contributed by atoms with Crippen molar-refractivity contribution in [3.05, 3.63) is 29.8 Å². The largest absolute Gasteiger partial charge is 0.374 e. The van der Waals surface area contributed by atoms with E-state index in [0.29, 0.717) is 6.54 Å². The molecule has 1 fully saturated rings. The van der Waals surface area contributed by atoms with Crippen LogP contribution in [0.5, 0.6) is 0 Å².